The molecule has 0 atom stereocenters. The molecule has 0 bridgehead atoms. The van der Waals surface area contributed by atoms with Gasteiger partial charge in [0.25, 0.3) is 0 Å². The van der Waals surface area contributed by atoms with E-state index in [9.17, 15) is 19.2 Å². The third kappa shape index (κ3) is 5.61. The summed E-state index contributed by atoms with van der Waals surface area (Å²) in [7, 11) is 0. The second-order valence-electron chi connectivity index (χ2n) is 10.3. The summed E-state index contributed by atoms with van der Waals surface area (Å²) in [5.74, 6) is -1.04. The van der Waals surface area contributed by atoms with E-state index in [0.717, 1.165) is 31.2 Å². The van der Waals surface area contributed by atoms with Crippen molar-refractivity contribution in [3.8, 4) is 0 Å². The summed E-state index contributed by atoms with van der Waals surface area (Å²) in [5, 5.41) is 18.3. The van der Waals surface area contributed by atoms with Gasteiger partial charge < -0.3 is 10.2 Å². The Morgan fingerprint density at radius 2 is 1.09 bits per heavy atom. The molecule has 0 spiro atoms. The van der Waals surface area contributed by atoms with Gasteiger partial charge >= 0.3 is 11.9 Å². The first-order valence-corrected chi connectivity index (χ1v) is 11.6. The van der Waals surface area contributed by atoms with Gasteiger partial charge in [0.15, 0.2) is 11.6 Å². The van der Waals surface area contributed by atoms with Crippen LogP contribution in [0, 0.1) is 11.8 Å². The Morgan fingerprint density at radius 1 is 0.647 bits per heavy atom. The van der Waals surface area contributed by atoms with Gasteiger partial charge in [-0.1, -0.05) is 42.5 Å². The quantitative estimate of drug-likeness (QED) is 0.514. The summed E-state index contributed by atoms with van der Waals surface area (Å²) in [4.78, 5) is 45.9. The Labute approximate surface area is 200 Å². The first kappa shape index (κ1) is 25.3. The number of aliphatic carboxylic acids is 2. The van der Waals surface area contributed by atoms with Gasteiger partial charge in [0.05, 0.1) is 10.8 Å². The van der Waals surface area contributed by atoms with Crippen LogP contribution < -0.4 is 0 Å². The Hall–Kier alpha value is -3.28. The summed E-state index contributed by atoms with van der Waals surface area (Å²) in [6.45, 7) is 6.62. The van der Waals surface area contributed by atoms with Crippen LogP contribution in [0.3, 0.4) is 0 Å². The Balaban J connectivity index is 0.000000191. The summed E-state index contributed by atoms with van der Waals surface area (Å²) in [6.07, 6.45) is 3.90. The highest BCUT2D eigenvalue weighted by molar-refractivity contribution is 6.00. The van der Waals surface area contributed by atoms with Crippen molar-refractivity contribution >= 4 is 23.5 Å². The zero-order chi connectivity index (χ0) is 25.3. The minimum absolute atomic E-state index is 0.146. The molecule has 34 heavy (non-hydrogen) atoms. The predicted molar refractivity (Wildman–Crippen MR) is 128 cm³/mol. The lowest BCUT2D eigenvalue weighted by Crippen LogP contribution is -2.28. The van der Waals surface area contributed by atoms with Crippen LogP contribution >= 0.6 is 0 Å². The number of benzene rings is 2. The molecular weight excluding hydrogens is 432 g/mol. The van der Waals surface area contributed by atoms with Crippen molar-refractivity contribution in [2.24, 2.45) is 11.8 Å². The van der Waals surface area contributed by atoms with E-state index in [1.54, 1.807) is 76.2 Å². The molecule has 2 fully saturated rings. The van der Waals surface area contributed by atoms with Crippen molar-refractivity contribution in [1.82, 2.24) is 0 Å². The fourth-order valence-electron chi connectivity index (χ4n) is 3.52. The Bertz CT molecular complexity index is 1100. The van der Waals surface area contributed by atoms with Gasteiger partial charge in [0.1, 0.15) is 0 Å². The molecule has 2 aliphatic carbocycles. The predicted octanol–water partition coefficient (Wildman–Crippen LogP) is 5.28. The lowest BCUT2D eigenvalue weighted by molar-refractivity contribution is -0.143. The molecule has 0 unspecified atom stereocenters. The standard InChI is InChI=1S/2C14H16O3/c1-14(2,13(16)17)11-7-5-10(6-8-11)12(15)9-3-4-9;1-14(2,13(16)17)11-5-3-4-10(8-11)12(15)9-6-7-9/h5-9H,3-4H2,1-2H3,(H,16,17);3-5,8-9H,6-7H2,1-2H3,(H,16,17). The number of hydrogen-bond donors (Lipinski definition) is 2. The number of carbonyl (C=O) groups excluding carboxylic acids is 2. The molecule has 6 nitrogen and oxygen atoms in total. The van der Waals surface area contributed by atoms with Crippen LogP contribution in [0.25, 0.3) is 0 Å². The highest BCUT2D eigenvalue weighted by Gasteiger charge is 2.34. The van der Waals surface area contributed by atoms with Crippen LogP contribution in [0.4, 0.5) is 0 Å². The number of carboxylic acids is 2. The molecule has 0 amide bonds. The van der Waals surface area contributed by atoms with E-state index in [2.05, 4.69) is 0 Å². The van der Waals surface area contributed by atoms with Crippen LogP contribution in [-0.2, 0) is 20.4 Å². The number of carbonyl (C=O) groups is 4. The monoisotopic (exact) mass is 464 g/mol. The minimum Gasteiger partial charge on any atom is -0.481 e. The van der Waals surface area contributed by atoms with Crippen molar-refractivity contribution in [2.75, 3.05) is 0 Å². The number of Topliss-reactive ketones (excluding diaryl/α,β-unsaturated/α-hetero) is 2. The number of carboxylic acid groups (broad SMARTS) is 2. The summed E-state index contributed by atoms with van der Waals surface area (Å²) in [6, 6.07) is 14.0. The molecule has 4 rings (SSSR count). The maximum absolute atomic E-state index is 11.9. The van der Waals surface area contributed by atoms with Gasteiger partial charge in [0.2, 0.25) is 0 Å². The summed E-state index contributed by atoms with van der Waals surface area (Å²) < 4.78 is 0. The van der Waals surface area contributed by atoms with Crippen molar-refractivity contribution in [3.05, 3.63) is 70.8 Å². The van der Waals surface area contributed by atoms with Gasteiger partial charge in [0, 0.05) is 23.0 Å². The van der Waals surface area contributed by atoms with Crippen LogP contribution in [0.1, 0.15) is 85.2 Å². The maximum Gasteiger partial charge on any atom is 0.313 e. The molecule has 0 heterocycles. The summed E-state index contributed by atoms with van der Waals surface area (Å²) in [5.41, 5.74) is 0.853. The van der Waals surface area contributed by atoms with Gasteiger partial charge in [-0.3, -0.25) is 19.2 Å². The first-order chi connectivity index (χ1) is 15.9. The van der Waals surface area contributed by atoms with E-state index in [1.807, 2.05) is 0 Å². The van der Waals surface area contributed by atoms with E-state index in [4.69, 9.17) is 10.2 Å². The highest BCUT2D eigenvalue weighted by Crippen LogP contribution is 2.34. The zero-order valence-corrected chi connectivity index (χ0v) is 20.1. The number of ketones is 2. The molecule has 2 aromatic carbocycles. The second-order valence-corrected chi connectivity index (χ2v) is 10.3. The highest BCUT2D eigenvalue weighted by atomic mass is 16.4. The van der Waals surface area contributed by atoms with Crippen LogP contribution in [-0.4, -0.2) is 33.7 Å². The number of rotatable bonds is 8. The topological polar surface area (TPSA) is 109 Å². The normalized spacial score (nSPS) is 15.6. The van der Waals surface area contributed by atoms with Crippen molar-refractivity contribution in [3.63, 3.8) is 0 Å². The molecule has 2 aromatic rings. The number of hydrogen-bond acceptors (Lipinski definition) is 4. The average Bonchev–Trinajstić information content (AvgIpc) is 3.71. The fraction of sp³-hybridized carbons (Fsp3) is 0.429. The average molecular weight is 465 g/mol. The van der Waals surface area contributed by atoms with Gasteiger partial charge in [-0.25, -0.2) is 0 Å². The third-order valence-corrected chi connectivity index (χ3v) is 6.73. The Morgan fingerprint density at radius 3 is 1.53 bits per heavy atom. The minimum atomic E-state index is -0.958. The molecule has 2 saturated carbocycles. The van der Waals surface area contributed by atoms with E-state index < -0.39 is 22.8 Å². The van der Waals surface area contributed by atoms with Gasteiger partial charge in [-0.15, -0.1) is 0 Å². The lowest BCUT2D eigenvalue weighted by Gasteiger charge is -2.20. The smallest absolute Gasteiger partial charge is 0.313 e. The van der Waals surface area contributed by atoms with Gasteiger partial charge in [-0.2, -0.15) is 0 Å². The molecule has 0 aliphatic heterocycles. The zero-order valence-electron chi connectivity index (χ0n) is 20.1. The second kappa shape index (κ2) is 9.53. The molecule has 180 valence electrons. The van der Waals surface area contributed by atoms with E-state index in [1.165, 1.54) is 0 Å². The molecule has 2 aliphatic rings. The third-order valence-electron chi connectivity index (χ3n) is 6.73. The van der Waals surface area contributed by atoms with Crippen molar-refractivity contribution < 1.29 is 29.4 Å². The molecular formula is C28H32O6. The summed E-state index contributed by atoms with van der Waals surface area (Å²) >= 11 is 0. The van der Waals surface area contributed by atoms with E-state index in [-0.39, 0.29) is 23.4 Å². The van der Waals surface area contributed by atoms with Crippen LogP contribution in [0.5, 0.6) is 0 Å². The fourth-order valence-corrected chi connectivity index (χ4v) is 3.52. The first-order valence-electron chi connectivity index (χ1n) is 11.6. The lowest BCUT2D eigenvalue weighted by atomic mass is 9.83. The SMILES string of the molecule is CC(C)(C(=O)O)c1ccc(C(=O)C2CC2)cc1.CC(C)(C(=O)O)c1cccc(C(=O)C2CC2)c1. The largest absolute Gasteiger partial charge is 0.481 e. The Kier molecular flexibility index (Phi) is 7.10. The van der Waals surface area contributed by atoms with Gasteiger partial charge in [-0.05, 0) is 70.6 Å². The van der Waals surface area contributed by atoms with Crippen molar-refractivity contribution in [2.45, 2.75) is 64.2 Å². The van der Waals surface area contributed by atoms with Crippen LogP contribution in [0.2, 0.25) is 0 Å². The molecule has 0 saturated heterocycles. The van der Waals surface area contributed by atoms with Crippen LogP contribution in [0.15, 0.2) is 48.5 Å². The molecule has 2 N–H and O–H groups in total. The molecule has 0 aromatic heterocycles. The van der Waals surface area contributed by atoms with Crippen molar-refractivity contribution in [1.29, 1.82) is 0 Å². The molecule has 6 heteroatoms. The maximum atomic E-state index is 11.9. The van der Waals surface area contributed by atoms with E-state index >= 15 is 0 Å². The van der Waals surface area contributed by atoms with E-state index in [0.29, 0.717) is 16.7 Å². The molecule has 0 radical (unpaired) electrons.